The molecule has 0 spiro atoms. The number of amides is 1. The molecule has 1 amide bonds. The average molecular weight is 283 g/mol. The van der Waals surface area contributed by atoms with Gasteiger partial charge < -0.3 is 15.0 Å². The second-order valence-corrected chi connectivity index (χ2v) is 4.94. The minimum absolute atomic E-state index is 0. The van der Waals surface area contributed by atoms with Crippen molar-refractivity contribution in [3.05, 3.63) is 29.3 Å². The second-order valence-electron chi connectivity index (χ2n) is 4.94. The summed E-state index contributed by atoms with van der Waals surface area (Å²) in [6.07, 6.45) is 2.10. The van der Waals surface area contributed by atoms with E-state index in [9.17, 15) is 4.79 Å². The van der Waals surface area contributed by atoms with Crippen LogP contribution in [0.1, 0.15) is 28.8 Å². The van der Waals surface area contributed by atoms with Gasteiger partial charge in [0, 0.05) is 18.2 Å². The zero-order chi connectivity index (χ0) is 12.5. The van der Waals surface area contributed by atoms with Gasteiger partial charge in [0.15, 0.2) is 0 Å². The standard InChI is InChI=1S/C14H18N2O2.ClH/c1-18-12-3-2-10-9-16(14(17)13(10)8-12)11-4-6-15-7-5-11;/h2-3,8,11,15H,4-7,9H2,1H3;1H. The third-order valence-corrected chi connectivity index (χ3v) is 3.90. The molecule has 0 unspecified atom stereocenters. The number of halogens is 1. The van der Waals surface area contributed by atoms with Crippen LogP contribution in [0, 0.1) is 0 Å². The first-order valence-corrected chi connectivity index (χ1v) is 6.48. The van der Waals surface area contributed by atoms with Crippen molar-refractivity contribution >= 4 is 18.3 Å². The van der Waals surface area contributed by atoms with Crippen molar-refractivity contribution in [3.63, 3.8) is 0 Å². The van der Waals surface area contributed by atoms with Gasteiger partial charge in [-0.05, 0) is 43.6 Å². The molecule has 1 aromatic carbocycles. The fourth-order valence-electron chi connectivity index (χ4n) is 2.84. The van der Waals surface area contributed by atoms with Gasteiger partial charge in [0.2, 0.25) is 0 Å². The number of carbonyl (C=O) groups is 1. The van der Waals surface area contributed by atoms with Gasteiger partial charge in [-0.15, -0.1) is 12.4 Å². The Morgan fingerprint density at radius 1 is 1.32 bits per heavy atom. The van der Waals surface area contributed by atoms with Crippen molar-refractivity contribution in [3.8, 4) is 5.75 Å². The van der Waals surface area contributed by atoms with Crippen LogP contribution in [0.25, 0.3) is 0 Å². The molecule has 1 fully saturated rings. The Morgan fingerprint density at radius 2 is 2.05 bits per heavy atom. The van der Waals surface area contributed by atoms with E-state index in [1.807, 2.05) is 23.1 Å². The van der Waals surface area contributed by atoms with E-state index in [1.54, 1.807) is 7.11 Å². The molecule has 1 aromatic rings. The Labute approximate surface area is 119 Å². The summed E-state index contributed by atoms with van der Waals surface area (Å²) >= 11 is 0. The van der Waals surface area contributed by atoms with Gasteiger partial charge in [0.25, 0.3) is 5.91 Å². The van der Waals surface area contributed by atoms with Crippen molar-refractivity contribution in [1.82, 2.24) is 10.2 Å². The van der Waals surface area contributed by atoms with Gasteiger partial charge in [-0.1, -0.05) is 6.07 Å². The highest BCUT2D eigenvalue weighted by Gasteiger charge is 2.33. The normalized spacial score (nSPS) is 19.0. The molecule has 0 aromatic heterocycles. The number of nitrogens with zero attached hydrogens (tertiary/aromatic N) is 1. The Hall–Kier alpha value is -1.26. The number of benzene rings is 1. The molecule has 19 heavy (non-hydrogen) atoms. The second kappa shape index (κ2) is 5.80. The molecular formula is C14H19ClN2O2. The van der Waals surface area contributed by atoms with E-state index in [0.29, 0.717) is 6.04 Å². The smallest absolute Gasteiger partial charge is 0.254 e. The Bertz CT molecular complexity index is 473. The molecule has 2 aliphatic rings. The summed E-state index contributed by atoms with van der Waals surface area (Å²) in [5, 5.41) is 3.33. The lowest BCUT2D eigenvalue weighted by atomic mass is 10.1. The van der Waals surface area contributed by atoms with Crippen LogP contribution in [0.2, 0.25) is 0 Å². The lowest BCUT2D eigenvalue weighted by Crippen LogP contribution is -2.43. The van der Waals surface area contributed by atoms with Gasteiger partial charge in [-0.25, -0.2) is 0 Å². The maximum atomic E-state index is 12.4. The highest BCUT2D eigenvalue weighted by Crippen LogP contribution is 2.29. The quantitative estimate of drug-likeness (QED) is 0.900. The van der Waals surface area contributed by atoms with Gasteiger partial charge in [-0.3, -0.25) is 4.79 Å². The van der Waals surface area contributed by atoms with Gasteiger partial charge in [-0.2, -0.15) is 0 Å². The highest BCUT2D eigenvalue weighted by molar-refractivity contribution is 5.99. The van der Waals surface area contributed by atoms with Crippen molar-refractivity contribution in [2.24, 2.45) is 0 Å². The van der Waals surface area contributed by atoms with E-state index in [-0.39, 0.29) is 18.3 Å². The molecule has 0 aliphatic carbocycles. The Morgan fingerprint density at radius 3 is 2.74 bits per heavy atom. The molecule has 4 nitrogen and oxygen atoms in total. The lowest BCUT2D eigenvalue weighted by Gasteiger charge is -2.31. The molecule has 5 heteroatoms. The maximum Gasteiger partial charge on any atom is 0.254 e. The molecule has 0 radical (unpaired) electrons. The summed E-state index contributed by atoms with van der Waals surface area (Å²) in [7, 11) is 1.63. The zero-order valence-corrected chi connectivity index (χ0v) is 11.8. The number of fused-ring (bicyclic) bond motifs is 1. The van der Waals surface area contributed by atoms with E-state index < -0.39 is 0 Å². The molecule has 1 saturated heterocycles. The molecule has 2 aliphatic heterocycles. The first-order valence-electron chi connectivity index (χ1n) is 6.48. The van der Waals surface area contributed by atoms with Crippen molar-refractivity contribution in [2.45, 2.75) is 25.4 Å². The third kappa shape index (κ3) is 2.55. The van der Waals surface area contributed by atoms with Gasteiger partial charge in [0.1, 0.15) is 5.75 Å². The summed E-state index contributed by atoms with van der Waals surface area (Å²) < 4.78 is 5.19. The van der Waals surface area contributed by atoms with E-state index >= 15 is 0 Å². The largest absolute Gasteiger partial charge is 0.497 e. The van der Waals surface area contributed by atoms with Gasteiger partial charge in [0.05, 0.1) is 7.11 Å². The average Bonchev–Trinajstić information content (AvgIpc) is 2.77. The Kier molecular flexibility index (Phi) is 4.32. The molecule has 0 bridgehead atoms. The summed E-state index contributed by atoms with van der Waals surface area (Å²) in [6.45, 7) is 2.77. The number of piperidine rings is 1. The van der Waals surface area contributed by atoms with Crippen molar-refractivity contribution in [2.75, 3.05) is 20.2 Å². The first kappa shape index (κ1) is 14.2. The minimum Gasteiger partial charge on any atom is -0.497 e. The molecule has 104 valence electrons. The molecular weight excluding hydrogens is 264 g/mol. The summed E-state index contributed by atoms with van der Waals surface area (Å²) in [4.78, 5) is 14.4. The van der Waals surface area contributed by atoms with Gasteiger partial charge >= 0.3 is 0 Å². The molecule has 0 saturated carbocycles. The number of methoxy groups -OCH3 is 1. The van der Waals surface area contributed by atoms with Crippen LogP contribution in [-0.2, 0) is 6.54 Å². The number of hydrogen-bond acceptors (Lipinski definition) is 3. The number of carbonyl (C=O) groups excluding carboxylic acids is 1. The summed E-state index contributed by atoms with van der Waals surface area (Å²) in [6, 6.07) is 6.18. The van der Waals surface area contributed by atoms with Crippen LogP contribution in [0.3, 0.4) is 0 Å². The van der Waals surface area contributed by atoms with Crippen molar-refractivity contribution in [1.29, 1.82) is 0 Å². The van der Waals surface area contributed by atoms with Crippen LogP contribution in [0.15, 0.2) is 18.2 Å². The number of ether oxygens (including phenoxy) is 1. The molecule has 1 N–H and O–H groups in total. The van der Waals surface area contributed by atoms with E-state index in [1.165, 1.54) is 0 Å². The highest BCUT2D eigenvalue weighted by atomic mass is 35.5. The third-order valence-electron chi connectivity index (χ3n) is 3.90. The predicted molar refractivity (Wildman–Crippen MR) is 76.0 cm³/mol. The number of hydrogen-bond donors (Lipinski definition) is 1. The minimum atomic E-state index is 0. The Balaban J connectivity index is 0.00000133. The predicted octanol–water partition coefficient (Wildman–Crippen LogP) is 1.82. The fraction of sp³-hybridized carbons (Fsp3) is 0.500. The molecule has 2 heterocycles. The number of rotatable bonds is 2. The molecule has 3 rings (SSSR count). The topological polar surface area (TPSA) is 41.6 Å². The van der Waals surface area contributed by atoms with Crippen LogP contribution in [-0.4, -0.2) is 37.0 Å². The number of nitrogens with one attached hydrogen (secondary N) is 1. The maximum absolute atomic E-state index is 12.4. The van der Waals surface area contributed by atoms with E-state index in [4.69, 9.17) is 4.74 Å². The van der Waals surface area contributed by atoms with Crippen LogP contribution in [0.4, 0.5) is 0 Å². The lowest BCUT2D eigenvalue weighted by molar-refractivity contribution is 0.0668. The SMILES string of the molecule is COc1ccc2c(c1)C(=O)N(C1CCNCC1)C2.Cl. The van der Waals surface area contributed by atoms with Crippen LogP contribution < -0.4 is 10.1 Å². The summed E-state index contributed by atoms with van der Waals surface area (Å²) in [5.74, 6) is 0.921. The van der Waals surface area contributed by atoms with Crippen LogP contribution in [0.5, 0.6) is 5.75 Å². The fourth-order valence-corrected chi connectivity index (χ4v) is 2.84. The summed E-state index contributed by atoms with van der Waals surface area (Å²) in [5.41, 5.74) is 1.94. The van der Waals surface area contributed by atoms with E-state index in [0.717, 1.165) is 49.4 Å². The zero-order valence-electron chi connectivity index (χ0n) is 11.0. The first-order chi connectivity index (χ1) is 8.79. The molecule has 0 atom stereocenters. The van der Waals surface area contributed by atoms with Crippen molar-refractivity contribution < 1.29 is 9.53 Å². The van der Waals surface area contributed by atoms with Crippen LogP contribution >= 0.6 is 12.4 Å². The monoisotopic (exact) mass is 282 g/mol. The van der Waals surface area contributed by atoms with E-state index in [2.05, 4.69) is 5.32 Å².